The number of nitrogens with one attached hydrogen (secondary N) is 1. The van der Waals surface area contributed by atoms with Crippen molar-refractivity contribution in [2.75, 3.05) is 12.4 Å². The highest BCUT2D eigenvalue weighted by molar-refractivity contribution is 7.99. The summed E-state index contributed by atoms with van der Waals surface area (Å²) in [6.45, 7) is 0. The van der Waals surface area contributed by atoms with Crippen molar-refractivity contribution in [3.05, 3.63) is 40.8 Å². The minimum absolute atomic E-state index is 0.00842. The molecule has 0 aliphatic heterocycles. The largest absolute Gasteiger partial charge is 0.373 e. The van der Waals surface area contributed by atoms with Crippen LogP contribution >= 0.6 is 11.8 Å². The first-order chi connectivity index (χ1) is 8.69. The molecule has 8 heteroatoms. The van der Waals surface area contributed by atoms with Gasteiger partial charge in [0.1, 0.15) is 22.2 Å². The fraction of sp³-hybridized carbons (Fsp3) is 0.100. The summed E-state index contributed by atoms with van der Waals surface area (Å²) in [5.74, 6) is 0.445. The van der Waals surface area contributed by atoms with E-state index in [1.165, 1.54) is 30.2 Å². The van der Waals surface area contributed by atoms with Gasteiger partial charge >= 0.3 is 0 Å². The lowest BCUT2D eigenvalue weighted by molar-refractivity contribution is -0.385. The average molecular weight is 263 g/mol. The van der Waals surface area contributed by atoms with E-state index in [0.717, 1.165) is 0 Å². The molecule has 0 unspecified atom stereocenters. The van der Waals surface area contributed by atoms with Gasteiger partial charge < -0.3 is 5.32 Å². The van der Waals surface area contributed by atoms with Gasteiger partial charge in [0.15, 0.2) is 0 Å². The monoisotopic (exact) mass is 263 g/mol. The summed E-state index contributed by atoms with van der Waals surface area (Å²) in [6, 6.07) is 4.50. The highest BCUT2D eigenvalue weighted by Crippen LogP contribution is 2.28. The van der Waals surface area contributed by atoms with Crippen molar-refractivity contribution >= 4 is 23.3 Å². The van der Waals surface area contributed by atoms with Crippen LogP contribution in [0.15, 0.2) is 40.8 Å². The summed E-state index contributed by atoms with van der Waals surface area (Å²) in [5.41, 5.74) is -0.00842. The van der Waals surface area contributed by atoms with Crippen LogP contribution in [0.4, 0.5) is 11.5 Å². The Morgan fingerprint density at radius 2 is 2.22 bits per heavy atom. The normalized spacial score (nSPS) is 10.1. The van der Waals surface area contributed by atoms with E-state index in [-0.39, 0.29) is 5.69 Å². The van der Waals surface area contributed by atoms with E-state index in [9.17, 15) is 10.1 Å². The molecular weight excluding hydrogens is 254 g/mol. The van der Waals surface area contributed by atoms with Crippen LogP contribution in [0.25, 0.3) is 0 Å². The average Bonchev–Trinajstić information content (AvgIpc) is 2.39. The molecule has 7 nitrogen and oxygen atoms in total. The van der Waals surface area contributed by atoms with Gasteiger partial charge in [-0.1, -0.05) is 0 Å². The van der Waals surface area contributed by atoms with Crippen molar-refractivity contribution in [3.8, 4) is 0 Å². The summed E-state index contributed by atoms with van der Waals surface area (Å²) in [7, 11) is 1.66. The van der Waals surface area contributed by atoms with Gasteiger partial charge in [0.2, 0.25) is 0 Å². The topological polar surface area (TPSA) is 93.8 Å². The molecule has 0 radical (unpaired) electrons. The maximum absolute atomic E-state index is 10.8. The summed E-state index contributed by atoms with van der Waals surface area (Å²) < 4.78 is 0. The van der Waals surface area contributed by atoms with Gasteiger partial charge in [0, 0.05) is 19.3 Å². The molecule has 0 aromatic carbocycles. The van der Waals surface area contributed by atoms with Crippen molar-refractivity contribution in [1.82, 2.24) is 15.0 Å². The molecule has 92 valence electrons. The molecule has 0 amide bonds. The Morgan fingerprint density at radius 3 is 2.83 bits per heavy atom. The quantitative estimate of drug-likeness (QED) is 0.512. The minimum Gasteiger partial charge on any atom is -0.373 e. The summed E-state index contributed by atoms with van der Waals surface area (Å²) in [5, 5.41) is 14.8. The molecule has 2 aromatic heterocycles. The molecule has 0 atom stereocenters. The molecule has 0 bridgehead atoms. The predicted octanol–water partition coefficient (Wildman–Crippen LogP) is 1.97. The highest BCUT2D eigenvalue weighted by Gasteiger charge is 2.11. The van der Waals surface area contributed by atoms with E-state index in [4.69, 9.17) is 0 Å². The summed E-state index contributed by atoms with van der Waals surface area (Å²) in [6.07, 6.45) is 3.02. The van der Waals surface area contributed by atoms with Crippen LogP contribution in [-0.4, -0.2) is 26.9 Å². The van der Waals surface area contributed by atoms with Gasteiger partial charge in [-0.2, -0.15) is 0 Å². The van der Waals surface area contributed by atoms with Crippen LogP contribution in [0.1, 0.15) is 0 Å². The molecular formula is C10H9N5O2S. The number of nitrogens with zero attached hydrogens (tertiary/aromatic N) is 4. The van der Waals surface area contributed by atoms with Gasteiger partial charge in [-0.15, -0.1) is 0 Å². The third kappa shape index (κ3) is 2.92. The van der Waals surface area contributed by atoms with Gasteiger partial charge in [0.05, 0.1) is 11.0 Å². The number of pyridine rings is 1. The van der Waals surface area contributed by atoms with Crippen LogP contribution in [0.2, 0.25) is 0 Å². The van der Waals surface area contributed by atoms with Gasteiger partial charge in [-0.05, 0) is 17.8 Å². The van der Waals surface area contributed by atoms with E-state index in [2.05, 4.69) is 20.3 Å². The molecule has 0 fully saturated rings. The number of nitro groups is 1. The number of rotatable bonds is 4. The first-order valence-electron chi connectivity index (χ1n) is 4.97. The van der Waals surface area contributed by atoms with Crippen LogP contribution in [-0.2, 0) is 0 Å². The van der Waals surface area contributed by atoms with Gasteiger partial charge in [-0.25, -0.2) is 15.0 Å². The molecule has 0 saturated heterocycles. The third-order valence-electron chi connectivity index (χ3n) is 2.02. The van der Waals surface area contributed by atoms with Crippen molar-refractivity contribution in [3.63, 3.8) is 0 Å². The van der Waals surface area contributed by atoms with Crippen molar-refractivity contribution < 1.29 is 4.92 Å². The van der Waals surface area contributed by atoms with E-state index in [0.29, 0.717) is 15.9 Å². The van der Waals surface area contributed by atoms with Crippen LogP contribution < -0.4 is 5.32 Å². The SMILES string of the molecule is CNc1cc([N+](=O)[O-])cc(Sc2ccncn2)n1. The van der Waals surface area contributed by atoms with Crippen molar-refractivity contribution in [1.29, 1.82) is 0 Å². The summed E-state index contributed by atoms with van der Waals surface area (Å²) >= 11 is 1.24. The Bertz CT molecular complexity index is 563. The van der Waals surface area contributed by atoms with Crippen LogP contribution in [0.3, 0.4) is 0 Å². The molecule has 18 heavy (non-hydrogen) atoms. The van der Waals surface area contributed by atoms with Crippen LogP contribution in [0.5, 0.6) is 0 Å². The van der Waals surface area contributed by atoms with E-state index >= 15 is 0 Å². The lowest BCUT2D eigenvalue weighted by Gasteiger charge is -2.03. The molecule has 0 aliphatic rings. The van der Waals surface area contributed by atoms with E-state index in [1.54, 1.807) is 19.3 Å². The fourth-order valence-corrected chi connectivity index (χ4v) is 1.99. The fourth-order valence-electron chi connectivity index (χ4n) is 1.22. The van der Waals surface area contributed by atoms with Gasteiger partial charge in [0.25, 0.3) is 5.69 Å². The Hall–Kier alpha value is -2.22. The lowest BCUT2D eigenvalue weighted by Crippen LogP contribution is -1.97. The third-order valence-corrected chi connectivity index (χ3v) is 2.89. The summed E-state index contributed by atoms with van der Waals surface area (Å²) in [4.78, 5) is 22.4. The first-order valence-corrected chi connectivity index (χ1v) is 5.79. The predicted molar refractivity (Wildman–Crippen MR) is 66.6 cm³/mol. The van der Waals surface area contributed by atoms with E-state index < -0.39 is 4.92 Å². The molecule has 2 heterocycles. The zero-order chi connectivity index (χ0) is 13.0. The van der Waals surface area contributed by atoms with E-state index in [1.807, 2.05) is 0 Å². The molecule has 0 spiro atoms. The van der Waals surface area contributed by atoms with Crippen molar-refractivity contribution in [2.45, 2.75) is 10.1 Å². The zero-order valence-corrected chi connectivity index (χ0v) is 10.2. The molecule has 0 aliphatic carbocycles. The Balaban J connectivity index is 2.32. The highest BCUT2D eigenvalue weighted by atomic mass is 32.2. The number of hydrogen-bond donors (Lipinski definition) is 1. The molecule has 1 N–H and O–H groups in total. The zero-order valence-electron chi connectivity index (χ0n) is 9.40. The maximum atomic E-state index is 10.8. The molecule has 2 rings (SSSR count). The van der Waals surface area contributed by atoms with Crippen molar-refractivity contribution in [2.24, 2.45) is 0 Å². The Labute approximate surface area is 107 Å². The number of aromatic nitrogens is 3. The smallest absolute Gasteiger partial charge is 0.275 e. The maximum Gasteiger partial charge on any atom is 0.275 e. The second kappa shape index (κ2) is 5.41. The molecule has 0 saturated carbocycles. The first kappa shape index (κ1) is 12.2. The van der Waals surface area contributed by atoms with Crippen LogP contribution in [0, 0.1) is 10.1 Å². The number of hydrogen-bond acceptors (Lipinski definition) is 7. The minimum atomic E-state index is -0.452. The second-order valence-corrected chi connectivity index (χ2v) is 4.25. The standard InChI is InChI=1S/C10H9N5O2S/c1-11-8-4-7(15(16)17)5-10(14-8)18-9-2-3-12-6-13-9/h2-6H,1H3,(H,11,14). The Morgan fingerprint density at radius 1 is 1.39 bits per heavy atom. The molecule has 2 aromatic rings. The lowest BCUT2D eigenvalue weighted by atomic mass is 10.4. The second-order valence-electron chi connectivity index (χ2n) is 3.21. The Kier molecular flexibility index (Phi) is 3.68. The van der Waals surface area contributed by atoms with Gasteiger partial charge in [-0.3, -0.25) is 10.1 Å². The number of anilines is 1.